The number of hydrogen-bond donors (Lipinski definition) is 0. The molecule has 2 unspecified atom stereocenters. The molecular weight excluding hydrogens is 373 g/mol. The van der Waals surface area contributed by atoms with Crippen LogP contribution in [0.3, 0.4) is 0 Å². The molecule has 10 heteroatoms. The second-order valence-electron chi connectivity index (χ2n) is 5.37. The molecule has 0 aliphatic carbocycles. The molecule has 3 rings (SSSR count). The molecule has 0 N–H and O–H groups in total. The molecule has 0 aromatic heterocycles. The van der Waals surface area contributed by atoms with Crippen LogP contribution in [0, 0.1) is 5.92 Å². The summed E-state index contributed by atoms with van der Waals surface area (Å²) in [5, 5.41) is 5.05. The van der Waals surface area contributed by atoms with Crippen molar-refractivity contribution in [1.82, 2.24) is 5.01 Å². The third-order valence-corrected chi connectivity index (χ3v) is 4.67. The van der Waals surface area contributed by atoms with Crippen LogP contribution in [0.15, 0.2) is 23.3 Å². The van der Waals surface area contributed by atoms with Gasteiger partial charge in [-0.25, -0.2) is 14.7 Å². The SMILES string of the molecule is COC(=O)C1=NN(C(C)=O)C2C(=O)N(c3ccc(Cl)c(Cl)c3)C(=O)C12. The first-order valence-corrected chi connectivity index (χ1v) is 7.83. The summed E-state index contributed by atoms with van der Waals surface area (Å²) in [6.07, 6.45) is 0. The van der Waals surface area contributed by atoms with Crippen LogP contribution in [0.1, 0.15) is 6.92 Å². The largest absolute Gasteiger partial charge is 0.464 e. The number of fused-ring (bicyclic) bond motifs is 1. The number of nitrogens with zero attached hydrogens (tertiary/aromatic N) is 3. The van der Waals surface area contributed by atoms with Gasteiger partial charge in [-0.1, -0.05) is 23.2 Å². The molecule has 1 fully saturated rings. The van der Waals surface area contributed by atoms with Crippen LogP contribution in [0.2, 0.25) is 10.0 Å². The van der Waals surface area contributed by atoms with Crippen molar-refractivity contribution in [2.24, 2.45) is 11.0 Å². The second-order valence-corrected chi connectivity index (χ2v) is 6.19. The molecule has 1 saturated heterocycles. The van der Waals surface area contributed by atoms with Crippen LogP contribution in [0.5, 0.6) is 0 Å². The summed E-state index contributed by atoms with van der Waals surface area (Å²) in [4.78, 5) is 50.1. The van der Waals surface area contributed by atoms with Crippen LogP contribution in [-0.4, -0.2) is 47.6 Å². The Bertz CT molecular complexity index is 854. The number of hydrogen-bond acceptors (Lipinski definition) is 6. The molecule has 2 aliphatic rings. The van der Waals surface area contributed by atoms with E-state index in [0.29, 0.717) is 0 Å². The molecule has 2 heterocycles. The summed E-state index contributed by atoms with van der Waals surface area (Å²) in [5.41, 5.74) is -0.102. The fourth-order valence-electron chi connectivity index (χ4n) is 2.83. The highest BCUT2D eigenvalue weighted by Gasteiger charge is 2.59. The molecule has 1 aromatic rings. The maximum absolute atomic E-state index is 12.8. The van der Waals surface area contributed by atoms with E-state index >= 15 is 0 Å². The highest BCUT2D eigenvalue weighted by Crippen LogP contribution is 2.37. The normalized spacial score (nSPS) is 22.2. The van der Waals surface area contributed by atoms with Crippen molar-refractivity contribution in [1.29, 1.82) is 0 Å². The van der Waals surface area contributed by atoms with E-state index in [9.17, 15) is 19.2 Å². The maximum atomic E-state index is 12.8. The third-order valence-electron chi connectivity index (χ3n) is 3.93. The molecule has 0 radical (unpaired) electrons. The van der Waals surface area contributed by atoms with Crippen molar-refractivity contribution in [2.75, 3.05) is 12.0 Å². The Hall–Kier alpha value is -2.45. The summed E-state index contributed by atoms with van der Waals surface area (Å²) < 4.78 is 4.60. The van der Waals surface area contributed by atoms with Gasteiger partial charge in [0.25, 0.3) is 5.91 Å². The zero-order valence-corrected chi connectivity index (χ0v) is 14.5. The summed E-state index contributed by atoms with van der Waals surface area (Å²) >= 11 is 11.8. The van der Waals surface area contributed by atoms with Gasteiger partial charge in [0.1, 0.15) is 5.92 Å². The summed E-state index contributed by atoms with van der Waals surface area (Å²) in [6, 6.07) is 3.01. The van der Waals surface area contributed by atoms with E-state index in [1.165, 1.54) is 25.1 Å². The number of rotatable bonds is 2. The van der Waals surface area contributed by atoms with Gasteiger partial charge in [-0.3, -0.25) is 14.4 Å². The minimum atomic E-state index is -1.23. The maximum Gasteiger partial charge on any atom is 0.355 e. The van der Waals surface area contributed by atoms with E-state index in [2.05, 4.69) is 9.84 Å². The number of carbonyl (C=O) groups is 4. The number of ether oxygens (including phenoxy) is 1. The van der Waals surface area contributed by atoms with E-state index in [1.54, 1.807) is 0 Å². The average molecular weight is 384 g/mol. The van der Waals surface area contributed by atoms with Gasteiger partial charge in [0, 0.05) is 6.92 Å². The third kappa shape index (κ3) is 2.58. The lowest BCUT2D eigenvalue weighted by Gasteiger charge is -2.19. The lowest BCUT2D eigenvalue weighted by atomic mass is 9.98. The van der Waals surface area contributed by atoms with Crippen molar-refractivity contribution in [3.8, 4) is 0 Å². The molecule has 0 bridgehead atoms. The lowest BCUT2D eigenvalue weighted by Crippen LogP contribution is -2.41. The van der Waals surface area contributed by atoms with Crippen LogP contribution >= 0.6 is 23.2 Å². The highest BCUT2D eigenvalue weighted by atomic mass is 35.5. The number of amides is 3. The smallest absolute Gasteiger partial charge is 0.355 e. The molecule has 130 valence electrons. The number of imide groups is 1. The van der Waals surface area contributed by atoms with Crippen LogP contribution in [0.4, 0.5) is 5.69 Å². The van der Waals surface area contributed by atoms with Gasteiger partial charge >= 0.3 is 5.97 Å². The highest BCUT2D eigenvalue weighted by molar-refractivity contribution is 6.47. The molecule has 0 spiro atoms. The number of carbonyl (C=O) groups excluding carboxylic acids is 4. The Morgan fingerprint density at radius 1 is 1.16 bits per heavy atom. The van der Waals surface area contributed by atoms with E-state index in [4.69, 9.17) is 23.2 Å². The zero-order valence-electron chi connectivity index (χ0n) is 13.0. The summed E-state index contributed by atoms with van der Waals surface area (Å²) in [5.74, 6) is -4.06. The Labute approximate surface area is 151 Å². The number of benzene rings is 1. The van der Waals surface area contributed by atoms with Gasteiger partial charge < -0.3 is 4.74 Å². The van der Waals surface area contributed by atoms with Crippen molar-refractivity contribution in [2.45, 2.75) is 13.0 Å². The van der Waals surface area contributed by atoms with Gasteiger partial charge in [-0.2, -0.15) is 5.10 Å². The standard InChI is InChI=1S/C15H11Cl2N3O5/c1-6(21)20-12-10(11(18-20)15(24)25-2)13(22)19(14(12)23)7-3-4-8(16)9(17)5-7/h3-5,10,12H,1-2H3. The first-order chi connectivity index (χ1) is 11.8. The quantitative estimate of drug-likeness (QED) is 0.565. The Balaban J connectivity index is 2.07. The molecule has 2 atom stereocenters. The average Bonchev–Trinajstić information content (AvgIpc) is 3.08. The topological polar surface area (TPSA) is 96.3 Å². The van der Waals surface area contributed by atoms with Gasteiger partial charge in [0.05, 0.1) is 22.8 Å². The van der Waals surface area contributed by atoms with Gasteiger partial charge in [0.2, 0.25) is 11.8 Å². The number of anilines is 1. The first-order valence-electron chi connectivity index (χ1n) is 7.07. The molecule has 0 saturated carbocycles. The number of halogens is 2. The van der Waals surface area contributed by atoms with Gasteiger partial charge in [0.15, 0.2) is 11.8 Å². The number of esters is 1. The van der Waals surface area contributed by atoms with Crippen molar-refractivity contribution in [3.05, 3.63) is 28.2 Å². The molecular formula is C15H11Cl2N3O5. The zero-order chi connectivity index (χ0) is 18.5. The Morgan fingerprint density at radius 2 is 1.84 bits per heavy atom. The Kier molecular flexibility index (Phi) is 4.26. The molecule has 25 heavy (non-hydrogen) atoms. The van der Waals surface area contributed by atoms with Crippen molar-refractivity contribution >= 4 is 58.3 Å². The van der Waals surface area contributed by atoms with Crippen molar-refractivity contribution < 1.29 is 23.9 Å². The Morgan fingerprint density at radius 3 is 2.40 bits per heavy atom. The minimum Gasteiger partial charge on any atom is -0.464 e. The lowest BCUT2D eigenvalue weighted by molar-refractivity contribution is -0.136. The van der Waals surface area contributed by atoms with Crippen molar-refractivity contribution in [3.63, 3.8) is 0 Å². The van der Waals surface area contributed by atoms with Crippen LogP contribution < -0.4 is 4.90 Å². The molecule has 1 aromatic carbocycles. The number of hydrazone groups is 1. The minimum absolute atomic E-state index is 0.155. The van der Waals surface area contributed by atoms with E-state index in [-0.39, 0.29) is 21.4 Å². The summed E-state index contributed by atoms with van der Waals surface area (Å²) in [6.45, 7) is 1.18. The monoisotopic (exact) mass is 383 g/mol. The van der Waals surface area contributed by atoms with Gasteiger partial charge in [-0.05, 0) is 18.2 Å². The van der Waals surface area contributed by atoms with Crippen LogP contribution in [0.25, 0.3) is 0 Å². The van der Waals surface area contributed by atoms with E-state index < -0.39 is 35.7 Å². The van der Waals surface area contributed by atoms with Crippen LogP contribution in [-0.2, 0) is 23.9 Å². The predicted molar refractivity (Wildman–Crippen MR) is 88.2 cm³/mol. The second kappa shape index (κ2) is 6.12. The van der Waals surface area contributed by atoms with E-state index in [1.807, 2.05) is 0 Å². The van der Waals surface area contributed by atoms with Gasteiger partial charge in [-0.15, -0.1) is 0 Å². The summed E-state index contributed by atoms with van der Waals surface area (Å²) in [7, 11) is 1.12. The predicted octanol–water partition coefficient (Wildman–Crippen LogP) is 1.24. The molecule has 3 amide bonds. The fourth-order valence-corrected chi connectivity index (χ4v) is 3.12. The van der Waals surface area contributed by atoms with E-state index in [0.717, 1.165) is 17.0 Å². The number of methoxy groups -OCH3 is 1. The molecule has 8 nitrogen and oxygen atoms in total. The molecule has 2 aliphatic heterocycles. The first kappa shape index (κ1) is 17.4. The fraction of sp³-hybridized carbons (Fsp3) is 0.267.